The third-order valence-corrected chi connectivity index (χ3v) is 2.38. The van der Waals surface area contributed by atoms with E-state index < -0.39 is 0 Å². The Morgan fingerprint density at radius 2 is 1.93 bits per heavy atom. The van der Waals surface area contributed by atoms with Crippen molar-refractivity contribution < 1.29 is 4.74 Å². The SMILES string of the molecule is CCO[C@@H](c1ccccc1)[C@H](C)NC. The Bertz CT molecular complexity index is 248. The van der Waals surface area contributed by atoms with Crippen molar-refractivity contribution in [3.05, 3.63) is 35.9 Å². The molecule has 0 heterocycles. The molecule has 2 nitrogen and oxygen atoms in total. The molecule has 1 rings (SSSR count). The van der Waals surface area contributed by atoms with Crippen molar-refractivity contribution >= 4 is 0 Å². The monoisotopic (exact) mass is 193 g/mol. The van der Waals surface area contributed by atoms with Gasteiger partial charge in [0.2, 0.25) is 0 Å². The molecule has 0 fully saturated rings. The van der Waals surface area contributed by atoms with E-state index in [9.17, 15) is 0 Å². The van der Waals surface area contributed by atoms with Crippen LogP contribution in [0.4, 0.5) is 0 Å². The molecular formula is C12H19NO. The Labute approximate surface area is 86.3 Å². The third kappa shape index (κ3) is 2.82. The normalized spacial score (nSPS) is 15.1. The Kier molecular flexibility index (Phi) is 4.63. The van der Waals surface area contributed by atoms with E-state index in [0.717, 1.165) is 6.61 Å². The molecule has 0 unspecified atom stereocenters. The molecule has 2 heteroatoms. The maximum atomic E-state index is 5.72. The summed E-state index contributed by atoms with van der Waals surface area (Å²) in [4.78, 5) is 0. The number of hydrogen-bond donors (Lipinski definition) is 1. The first-order valence-electron chi connectivity index (χ1n) is 5.13. The fourth-order valence-corrected chi connectivity index (χ4v) is 1.50. The lowest BCUT2D eigenvalue weighted by Gasteiger charge is -2.23. The highest BCUT2D eigenvalue weighted by Gasteiger charge is 2.17. The molecule has 78 valence electrons. The van der Waals surface area contributed by atoms with E-state index in [1.165, 1.54) is 5.56 Å². The molecule has 14 heavy (non-hydrogen) atoms. The van der Waals surface area contributed by atoms with Crippen LogP contribution in [0.25, 0.3) is 0 Å². The smallest absolute Gasteiger partial charge is 0.0974 e. The lowest BCUT2D eigenvalue weighted by Crippen LogP contribution is -2.30. The van der Waals surface area contributed by atoms with Gasteiger partial charge >= 0.3 is 0 Å². The molecule has 0 aliphatic heterocycles. The molecule has 0 saturated heterocycles. The number of likely N-dealkylation sites (N-methyl/N-ethyl adjacent to an activating group) is 1. The summed E-state index contributed by atoms with van der Waals surface area (Å²) in [7, 11) is 1.96. The number of benzene rings is 1. The first kappa shape index (κ1) is 11.2. The second kappa shape index (κ2) is 5.78. The third-order valence-electron chi connectivity index (χ3n) is 2.38. The van der Waals surface area contributed by atoms with Crippen LogP contribution in [0, 0.1) is 0 Å². The molecule has 0 amide bonds. The predicted octanol–water partition coefficient (Wildman–Crippen LogP) is 2.37. The molecule has 0 radical (unpaired) electrons. The zero-order chi connectivity index (χ0) is 10.4. The summed E-state index contributed by atoms with van der Waals surface area (Å²) in [6, 6.07) is 10.7. The molecule has 2 atom stereocenters. The summed E-state index contributed by atoms with van der Waals surface area (Å²) in [5.74, 6) is 0. The van der Waals surface area contributed by atoms with E-state index in [1.54, 1.807) is 0 Å². The minimum absolute atomic E-state index is 0.145. The quantitative estimate of drug-likeness (QED) is 0.775. The van der Waals surface area contributed by atoms with E-state index in [0.29, 0.717) is 6.04 Å². The Hall–Kier alpha value is -0.860. The van der Waals surface area contributed by atoms with E-state index in [-0.39, 0.29) is 6.10 Å². The van der Waals surface area contributed by atoms with Crippen LogP contribution in [0.15, 0.2) is 30.3 Å². The highest BCUT2D eigenvalue weighted by molar-refractivity contribution is 5.18. The summed E-state index contributed by atoms with van der Waals surface area (Å²) in [5.41, 5.74) is 1.23. The second-order valence-electron chi connectivity index (χ2n) is 3.36. The molecule has 0 aliphatic rings. The van der Waals surface area contributed by atoms with Gasteiger partial charge in [0.05, 0.1) is 6.10 Å². The number of ether oxygens (including phenoxy) is 1. The standard InChI is InChI=1S/C12H19NO/c1-4-14-12(10(2)13-3)11-8-6-5-7-9-11/h5-10,12-13H,4H2,1-3H3/t10-,12+/m0/s1. The van der Waals surface area contributed by atoms with Gasteiger partial charge in [0.25, 0.3) is 0 Å². The average molecular weight is 193 g/mol. The predicted molar refractivity (Wildman–Crippen MR) is 59.3 cm³/mol. The zero-order valence-corrected chi connectivity index (χ0v) is 9.16. The molecule has 1 aromatic carbocycles. The fourth-order valence-electron chi connectivity index (χ4n) is 1.50. The van der Waals surface area contributed by atoms with Crippen LogP contribution in [-0.4, -0.2) is 19.7 Å². The van der Waals surface area contributed by atoms with Crippen LogP contribution < -0.4 is 5.32 Å². The van der Waals surface area contributed by atoms with Gasteiger partial charge in [-0.3, -0.25) is 0 Å². The van der Waals surface area contributed by atoms with Gasteiger partial charge in [-0.2, -0.15) is 0 Å². The highest BCUT2D eigenvalue weighted by Crippen LogP contribution is 2.20. The van der Waals surface area contributed by atoms with Crippen molar-refractivity contribution in [3.63, 3.8) is 0 Å². The van der Waals surface area contributed by atoms with Gasteiger partial charge < -0.3 is 10.1 Å². The highest BCUT2D eigenvalue weighted by atomic mass is 16.5. The van der Waals surface area contributed by atoms with E-state index in [4.69, 9.17) is 4.74 Å². The minimum atomic E-state index is 0.145. The van der Waals surface area contributed by atoms with Crippen LogP contribution in [0.2, 0.25) is 0 Å². The largest absolute Gasteiger partial charge is 0.372 e. The molecule has 1 N–H and O–H groups in total. The Balaban J connectivity index is 2.77. The number of rotatable bonds is 5. The Morgan fingerprint density at radius 1 is 1.29 bits per heavy atom. The van der Waals surface area contributed by atoms with Crippen LogP contribution >= 0.6 is 0 Å². The fraction of sp³-hybridized carbons (Fsp3) is 0.500. The summed E-state index contributed by atoms with van der Waals surface area (Å²) in [6.07, 6.45) is 0.145. The summed E-state index contributed by atoms with van der Waals surface area (Å²) in [5, 5.41) is 3.22. The van der Waals surface area contributed by atoms with Crippen molar-refractivity contribution in [2.75, 3.05) is 13.7 Å². The van der Waals surface area contributed by atoms with Gasteiger partial charge in [-0.05, 0) is 26.5 Å². The van der Waals surface area contributed by atoms with Crippen molar-refractivity contribution in [1.29, 1.82) is 0 Å². The first-order chi connectivity index (χ1) is 6.79. The van der Waals surface area contributed by atoms with Gasteiger partial charge in [-0.1, -0.05) is 30.3 Å². The topological polar surface area (TPSA) is 21.3 Å². The van der Waals surface area contributed by atoms with E-state index in [1.807, 2.05) is 32.2 Å². The average Bonchev–Trinajstić information content (AvgIpc) is 2.26. The van der Waals surface area contributed by atoms with Gasteiger partial charge in [-0.25, -0.2) is 0 Å². The number of hydrogen-bond acceptors (Lipinski definition) is 2. The Morgan fingerprint density at radius 3 is 2.43 bits per heavy atom. The zero-order valence-electron chi connectivity index (χ0n) is 9.16. The molecule has 0 aliphatic carbocycles. The van der Waals surface area contributed by atoms with Gasteiger partial charge in [0.15, 0.2) is 0 Å². The second-order valence-corrected chi connectivity index (χ2v) is 3.36. The molecule has 0 aromatic heterocycles. The van der Waals surface area contributed by atoms with Crippen molar-refractivity contribution in [3.8, 4) is 0 Å². The molecule has 0 saturated carbocycles. The van der Waals surface area contributed by atoms with Gasteiger partial charge in [-0.15, -0.1) is 0 Å². The van der Waals surface area contributed by atoms with Crippen LogP contribution in [0.5, 0.6) is 0 Å². The van der Waals surface area contributed by atoms with E-state index in [2.05, 4.69) is 24.4 Å². The maximum absolute atomic E-state index is 5.72. The lowest BCUT2D eigenvalue weighted by atomic mass is 10.0. The summed E-state index contributed by atoms with van der Waals surface area (Å²) >= 11 is 0. The molecular weight excluding hydrogens is 174 g/mol. The van der Waals surface area contributed by atoms with Crippen molar-refractivity contribution in [2.45, 2.75) is 26.0 Å². The summed E-state index contributed by atoms with van der Waals surface area (Å²) < 4.78 is 5.72. The maximum Gasteiger partial charge on any atom is 0.0974 e. The first-order valence-corrected chi connectivity index (χ1v) is 5.13. The van der Waals surface area contributed by atoms with E-state index >= 15 is 0 Å². The number of nitrogens with one attached hydrogen (secondary N) is 1. The van der Waals surface area contributed by atoms with Crippen molar-refractivity contribution in [2.24, 2.45) is 0 Å². The molecule has 0 spiro atoms. The lowest BCUT2D eigenvalue weighted by molar-refractivity contribution is 0.0399. The minimum Gasteiger partial charge on any atom is -0.372 e. The molecule has 1 aromatic rings. The van der Waals surface area contributed by atoms with Crippen LogP contribution in [0.3, 0.4) is 0 Å². The summed E-state index contributed by atoms with van der Waals surface area (Å²) in [6.45, 7) is 4.90. The van der Waals surface area contributed by atoms with Crippen molar-refractivity contribution in [1.82, 2.24) is 5.32 Å². The van der Waals surface area contributed by atoms with Crippen LogP contribution in [-0.2, 0) is 4.74 Å². The molecule has 0 bridgehead atoms. The van der Waals surface area contributed by atoms with Gasteiger partial charge in [0.1, 0.15) is 0 Å². The van der Waals surface area contributed by atoms with Gasteiger partial charge in [0, 0.05) is 12.6 Å². The van der Waals surface area contributed by atoms with Crippen LogP contribution in [0.1, 0.15) is 25.5 Å².